The Morgan fingerprint density at radius 2 is 2.00 bits per heavy atom. The molecule has 1 heterocycles. The van der Waals surface area contributed by atoms with E-state index < -0.39 is 5.91 Å². The molecule has 1 aromatic heterocycles. The number of thiazole rings is 1. The summed E-state index contributed by atoms with van der Waals surface area (Å²) in [7, 11) is 0. The molecule has 0 bridgehead atoms. The number of hydrogen-bond donors (Lipinski definition) is 3. The quantitative estimate of drug-likeness (QED) is 0.766. The summed E-state index contributed by atoms with van der Waals surface area (Å²) in [4.78, 5) is 26.5. The van der Waals surface area contributed by atoms with Gasteiger partial charge in [-0.15, -0.1) is 11.3 Å². The fourth-order valence-electron chi connectivity index (χ4n) is 1.39. The van der Waals surface area contributed by atoms with Crippen molar-refractivity contribution >= 4 is 34.0 Å². The van der Waals surface area contributed by atoms with Crippen molar-refractivity contribution in [2.75, 3.05) is 17.2 Å². The zero-order chi connectivity index (χ0) is 13.7. The fraction of sp³-hybridized carbons (Fsp3) is 0.0833. The first kappa shape index (κ1) is 13.0. The lowest BCUT2D eigenvalue weighted by Gasteiger charge is -2.06. The van der Waals surface area contributed by atoms with E-state index >= 15 is 0 Å². The van der Waals surface area contributed by atoms with Crippen LogP contribution in [-0.2, 0) is 4.79 Å². The molecule has 2 amide bonds. The molecule has 0 aliphatic carbocycles. The number of carbonyl (C=O) groups is 2. The Morgan fingerprint density at radius 3 is 2.58 bits per heavy atom. The number of nitrogens with zero attached hydrogens (tertiary/aromatic N) is 1. The summed E-state index contributed by atoms with van der Waals surface area (Å²) in [5.74, 6) is -0.690. The van der Waals surface area contributed by atoms with Crippen LogP contribution in [0.2, 0.25) is 0 Å². The number of amides is 2. The normalized spacial score (nSPS) is 9.89. The van der Waals surface area contributed by atoms with Crippen molar-refractivity contribution in [1.29, 1.82) is 0 Å². The number of rotatable bonds is 5. The number of hydrogen-bond acceptors (Lipinski definition) is 5. The molecule has 0 fully saturated rings. The van der Waals surface area contributed by atoms with Crippen LogP contribution in [0.25, 0.3) is 0 Å². The number of aromatic nitrogens is 1. The van der Waals surface area contributed by atoms with Crippen LogP contribution < -0.4 is 16.4 Å². The van der Waals surface area contributed by atoms with Gasteiger partial charge in [-0.3, -0.25) is 9.59 Å². The van der Waals surface area contributed by atoms with Crippen molar-refractivity contribution in [2.24, 2.45) is 5.73 Å². The van der Waals surface area contributed by atoms with Gasteiger partial charge in [0.15, 0.2) is 5.13 Å². The van der Waals surface area contributed by atoms with E-state index in [1.54, 1.807) is 30.5 Å². The molecule has 2 rings (SSSR count). The second-order valence-electron chi connectivity index (χ2n) is 3.68. The maximum atomic E-state index is 11.6. The largest absolute Gasteiger partial charge is 0.366 e. The van der Waals surface area contributed by atoms with Gasteiger partial charge in [-0.25, -0.2) is 4.98 Å². The molecule has 1 aromatic carbocycles. The molecule has 0 aliphatic heterocycles. The lowest BCUT2D eigenvalue weighted by atomic mass is 10.2. The number of nitrogens with two attached hydrogens (primary N) is 1. The van der Waals surface area contributed by atoms with Crippen LogP contribution >= 0.6 is 11.3 Å². The van der Waals surface area contributed by atoms with E-state index in [1.165, 1.54) is 11.3 Å². The highest BCUT2D eigenvalue weighted by Gasteiger charge is 2.04. The van der Waals surface area contributed by atoms with Crippen molar-refractivity contribution in [3.8, 4) is 0 Å². The van der Waals surface area contributed by atoms with Gasteiger partial charge in [0.2, 0.25) is 11.8 Å². The molecule has 2 aromatic rings. The Labute approximate surface area is 113 Å². The van der Waals surface area contributed by atoms with Gasteiger partial charge in [-0.05, 0) is 24.3 Å². The van der Waals surface area contributed by atoms with E-state index in [4.69, 9.17) is 5.73 Å². The molecule has 0 aliphatic rings. The molecule has 0 radical (unpaired) electrons. The Bertz CT molecular complexity index is 566. The monoisotopic (exact) mass is 276 g/mol. The lowest BCUT2D eigenvalue weighted by Crippen LogP contribution is -2.21. The standard InChI is InChI=1S/C12H12N4O2S/c13-11(18)8-1-3-9(4-2-8)16-10(17)7-15-12-14-5-6-19-12/h1-6H,7H2,(H2,13,18)(H,14,15)(H,16,17). The lowest BCUT2D eigenvalue weighted by molar-refractivity contribution is -0.114. The van der Waals surface area contributed by atoms with E-state index in [2.05, 4.69) is 15.6 Å². The highest BCUT2D eigenvalue weighted by molar-refractivity contribution is 7.13. The molecule has 4 N–H and O–H groups in total. The highest BCUT2D eigenvalue weighted by Crippen LogP contribution is 2.11. The number of anilines is 2. The Kier molecular flexibility index (Phi) is 4.09. The molecule has 0 atom stereocenters. The molecule has 0 spiro atoms. The van der Waals surface area contributed by atoms with Gasteiger partial charge in [-0.1, -0.05) is 0 Å². The maximum absolute atomic E-state index is 11.6. The van der Waals surface area contributed by atoms with Crippen molar-refractivity contribution in [1.82, 2.24) is 4.98 Å². The average Bonchev–Trinajstić information content (AvgIpc) is 2.90. The second kappa shape index (κ2) is 5.96. The molecule has 0 saturated heterocycles. The van der Waals surface area contributed by atoms with Crippen LogP contribution in [0, 0.1) is 0 Å². The second-order valence-corrected chi connectivity index (χ2v) is 4.58. The first-order valence-electron chi connectivity index (χ1n) is 5.48. The zero-order valence-electron chi connectivity index (χ0n) is 9.92. The van der Waals surface area contributed by atoms with Gasteiger partial charge in [0.1, 0.15) is 0 Å². The Morgan fingerprint density at radius 1 is 1.26 bits per heavy atom. The summed E-state index contributed by atoms with van der Waals surface area (Å²) >= 11 is 1.42. The summed E-state index contributed by atoms with van der Waals surface area (Å²) < 4.78 is 0. The zero-order valence-corrected chi connectivity index (χ0v) is 10.7. The van der Waals surface area contributed by atoms with E-state index in [9.17, 15) is 9.59 Å². The van der Waals surface area contributed by atoms with Crippen LogP contribution in [0.4, 0.5) is 10.8 Å². The third kappa shape index (κ3) is 3.78. The maximum Gasteiger partial charge on any atom is 0.248 e. The van der Waals surface area contributed by atoms with Crippen molar-refractivity contribution in [3.05, 3.63) is 41.4 Å². The molecule has 7 heteroatoms. The minimum absolute atomic E-state index is 0.130. The molecular weight excluding hydrogens is 264 g/mol. The topological polar surface area (TPSA) is 97.1 Å². The van der Waals surface area contributed by atoms with Gasteiger partial charge in [0.25, 0.3) is 0 Å². The minimum Gasteiger partial charge on any atom is -0.366 e. The van der Waals surface area contributed by atoms with Crippen molar-refractivity contribution in [3.63, 3.8) is 0 Å². The number of carbonyl (C=O) groups excluding carboxylic acids is 2. The molecule has 98 valence electrons. The van der Waals surface area contributed by atoms with E-state index in [0.29, 0.717) is 16.4 Å². The molecular formula is C12H12N4O2S. The predicted octanol–water partition coefficient (Wildman–Crippen LogP) is 1.29. The first-order valence-corrected chi connectivity index (χ1v) is 6.36. The molecule has 19 heavy (non-hydrogen) atoms. The van der Waals surface area contributed by atoms with Gasteiger partial charge >= 0.3 is 0 Å². The predicted molar refractivity (Wildman–Crippen MR) is 74.2 cm³/mol. The summed E-state index contributed by atoms with van der Waals surface area (Å²) in [6, 6.07) is 6.38. The van der Waals surface area contributed by atoms with Crippen LogP contribution in [0.15, 0.2) is 35.8 Å². The minimum atomic E-state index is -0.497. The summed E-state index contributed by atoms with van der Waals surface area (Å²) in [5, 5.41) is 8.11. The van der Waals surface area contributed by atoms with E-state index in [0.717, 1.165) is 0 Å². The summed E-state index contributed by atoms with van der Waals surface area (Å²) in [6.07, 6.45) is 1.66. The summed E-state index contributed by atoms with van der Waals surface area (Å²) in [5.41, 5.74) is 6.13. The molecule has 6 nitrogen and oxygen atoms in total. The van der Waals surface area contributed by atoms with E-state index in [1.807, 2.05) is 5.38 Å². The van der Waals surface area contributed by atoms with Gasteiger partial charge in [0.05, 0.1) is 6.54 Å². The highest BCUT2D eigenvalue weighted by atomic mass is 32.1. The average molecular weight is 276 g/mol. The van der Waals surface area contributed by atoms with Gasteiger partial charge in [0, 0.05) is 22.8 Å². The fourth-order valence-corrected chi connectivity index (χ4v) is 1.92. The summed E-state index contributed by atoms with van der Waals surface area (Å²) in [6.45, 7) is 0.130. The molecule has 0 saturated carbocycles. The van der Waals surface area contributed by atoms with Crippen molar-refractivity contribution < 1.29 is 9.59 Å². The number of primary amides is 1. The third-order valence-corrected chi connectivity index (χ3v) is 3.02. The first-order chi connectivity index (χ1) is 9.15. The number of nitrogens with one attached hydrogen (secondary N) is 2. The Balaban J connectivity index is 1.86. The van der Waals surface area contributed by atoms with Crippen LogP contribution in [0.5, 0.6) is 0 Å². The Hall–Kier alpha value is -2.41. The third-order valence-electron chi connectivity index (χ3n) is 2.29. The SMILES string of the molecule is NC(=O)c1ccc(NC(=O)CNc2nccs2)cc1. The van der Waals surface area contributed by atoms with Crippen LogP contribution in [0.3, 0.4) is 0 Å². The smallest absolute Gasteiger partial charge is 0.248 e. The van der Waals surface area contributed by atoms with E-state index in [-0.39, 0.29) is 12.5 Å². The van der Waals surface area contributed by atoms with Crippen LogP contribution in [-0.4, -0.2) is 23.3 Å². The van der Waals surface area contributed by atoms with Gasteiger partial charge in [-0.2, -0.15) is 0 Å². The number of benzene rings is 1. The van der Waals surface area contributed by atoms with Gasteiger partial charge < -0.3 is 16.4 Å². The van der Waals surface area contributed by atoms with Crippen molar-refractivity contribution in [2.45, 2.75) is 0 Å². The molecule has 0 unspecified atom stereocenters. The van der Waals surface area contributed by atoms with Crippen LogP contribution in [0.1, 0.15) is 10.4 Å².